The summed E-state index contributed by atoms with van der Waals surface area (Å²) < 4.78 is 3.93. The number of halogens is 1. The molecule has 2 aliphatic heterocycles. The van der Waals surface area contributed by atoms with Crippen molar-refractivity contribution in [2.45, 2.75) is 38.0 Å². The van der Waals surface area contributed by atoms with Crippen LogP contribution in [0.3, 0.4) is 0 Å². The number of rotatable bonds is 5. The third kappa shape index (κ3) is 3.73. The van der Waals surface area contributed by atoms with Crippen LogP contribution in [0.25, 0.3) is 11.0 Å². The fourth-order valence-electron chi connectivity index (χ4n) is 6.12. The van der Waals surface area contributed by atoms with Crippen molar-refractivity contribution < 1.29 is 31.1 Å². The SMILES string of the molecule is CN1c2ccccc2C2(C)CCN(C(=O)Cn3c[n+](CC(=O)c4ccccc4)c4ccccc43)C12.[Br-]. The van der Waals surface area contributed by atoms with Crippen LogP contribution in [0.4, 0.5) is 5.69 Å². The summed E-state index contributed by atoms with van der Waals surface area (Å²) in [6, 6.07) is 25.8. The van der Waals surface area contributed by atoms with Crippen molar-refractivity contribution in [1.82, 2.24) is 9.47 Å². The number of likely N-dealkylation sites (N-methyl/N-ethyl adjacent to an activating group) is 1. The fraction of sp³-hybridized carbons (Fsp3) is 0.276. The standard InChI is InChI=1S/C29H29N4O2.BrH/c1-29-16-17-33(28(29)30(2)23-13-7-6-12-22(23)29)27(35)19-32-20-31(24-14-8-9-15-25(24)32)18-26(34)21-10-4-3-5-11-21;/h3-15,20,28H,16-19H2,1-2H3;1H/q+1;/p-1. The van der Waals surface area contributed by atoms with E-state index in [1.54, 1.807) is 0 Å². The second-order valence-electron chi connectivity index (χ2n) is 9.91. The molecule has 1 amide bonds. The third-order valence-corrected chi connectivity index (χ3v) is 7.82. The lowest BCUT2D eigenvalue weighted by Gasteiger charge is -2.34. The lowest BCUT2D eigenvalue weighted by atomic mass is 9.81. The van der Waals surface area contributed by atoms with Crippen molar-refractivity contribution in [2.24, 2.45) is 0 Å². The minimum absolute atomic E-state index is 0. The zero-order valence-electron chi connectivity index (χ0n) is 20.5. The summed E-state index contributed by atoms with van der Waals surface area (Å²) in [5.74, 6) is 0.145. The highest BCUT2D eigenvalue weighted by Gasteiger charge is 2.54. The molecule has 6 nitrogen and oxygen atoms in total. The lowest BCUT2D eigenvalue weighted by molar-refractivity contribution is -0.657. The van der Waals surface area contributed by atoms with Gasteiger partial charge >= 0.3 is 0 Å². The Kier molecular flexibility index (Phi) is 6.20. The predicted molar refractivity (Wildman–Crippen MR) is 135 cm³/mol. The van der Waals surface area contributed by atoms with Crippen LogP contribution in [0.5, 0.6) is 0 Å². The molecule has 0 radical (unpaired) electrons. The average molecular weight is 545 g/mol. The van der Waals surface area contributed by atoms with Gasteiger partial charge in [0.05, 0.1) is 0 Å². The normalized spacial score (nSPS) is 20.2. The van der Waals surface area contributed by atoms with Crippen molar-refractivity contribution in [1.29, 1.82) is 0 Å². The molecule has 36 heavy (non-hydrogen) atoms. The van der Waals surface area contributed by atoms with E-state index in [1.807, 2.05) is 75.0 Å². The van der Waals surface area contributed by atoms with Gasteiger partial charge in [0, 0.05) is 30.3 Å². The van der Waals surface area contributed by atoms with Crippen LogP contribution in [-0.4, -0.2) is 40.9 Å². The minimum atomic E-state index is -0.0677. The number of amides is 1. The molecular weight excluding hydrogens is 516 g/mol. The van der Waals surface area contributed by atoms with Gasteiger partial charge in [-0.1, -0.05) is 67.6 Å². The molecule has 0 aliphatic carbocycles. The van der Waals surface area contributed by atoms with Crippen molar-refractivity contribution in [3.63, 3.8) is 0 Å². The Morgan fingerprint density at radius 2 is 1.67 bits per heavy atom. The summed E-state index contributed by atoms with van der Waals surface area (Å²) in [5, 5.41) is 0. The third-order valence-electron chi connectivity index (χ3n) is 7.82. The van der Waals surface area contributed by atoms with Gasteiger partial charge in [-0.25, -0.2) is 9.13 Å². The number of hydrogen-bond donors (Lipinski definition) is 0. The van der Waals surface area contributed by atoms with Gasteiger partial charge in [0.1, 0.15) is 6.17 Å². The Labute approximate surface area is 221 Å². The maximum Gasteiger partial charge on any atom is 0.266 e. The number of nitrogens with zero attached hydrogens (tertiary/aromatic N) is 4. The number of imidazole rings is 1. The molecule has 184 valence electrons. The highest BCUT2D eigenvalue weighted by atomic mass is 79.9. The summed E-state index contributed by atoms with van der Waals surface area (Å²) in [6.45, 7) is 3.49. The second-order valence-corrected chi connectivity index (χ2v) is 9.91. The van der Waals surface area contributed by atoms with Crippen molar-refractivity contribution >= 4 is 28.4 Å². The van der Waals surface area contributed by atoms with Crippen LogP contribution in [0.15, 0.2) is 85.2 Å². The molecule has 2 atom stereocenters. The highest BCUT2D eigenvalue weighted by Crippen LogP contribution is 2.51. The number of carbonyl (C=O) groups is 2. The maximum absolute atomic E-state index is 13.7. The molecule has 7 heteroatoms. The number of Topliss-reactive ketones (excluding diaryl/α,β-unsaturated/α-hetero) is 1. The zero-order chi connectivity index (χ0) is 24.2. The van der Waals surface area contributed by atoms with E-state index in [2.05, 4.69) is 43.1 Å². The number of benzene rings is 3. The first kappa shape index (κ1) is 24.3. The summed E-state index contributed by atoms with van der Waals surface area (Å²) in [4.78, 5) is 30.9. The van der Waals surface area contributed by atoms with E-state index in [-0.39, 0.29) is 53.3 Å². The molecule has 6 rings (SSSR count). The number of fused-ring (bicyclic) bond motifs is 4. The van der Waals surface area contributed by atoms with E-state index >= 15 is 0 Å². The molecule has 0 saturated carbocycles. The largest absolute Gasteiger partial charge is 1.00 e. The van der Waals surface area contributed by atoms with Crippen LogP contribution >= 0.6 is 0 Å². The number of hydrogen-bond acceptors (Lipinski definition) is 3. The van der Waals surface area contributed by atoms with Gasteiger partial charge in [-0.3, -0.25) is 9.59 Å². The maximum atomic E-state index is 13.7. The molecule has 4 aromatic rings. The predicted octanol–water partition coefficient (Wildman–Crippen LogP) is 0.782. The van der Waals surface area contributed by atoms with Gasteiger partial charge in [-0.05, 0) is 30.2 Å². The van der Waals surface area contributed by atoms with Gasteiger partial charge in [0.2, 0.25) is 12.1 Å². The van der Waals surface area contributed by atoms with Crippen LogP contribution in [0.1, 0.15) is 29.3 Å². The molecule has 3 aromatic carbocycles. The van der Waals surface area contributed by atoms with Crippen LogP contribution in [-0.2, 0) is 23.3 Å². The summed E-state index contributed by atoms with van der Waals surface area (Å²) in [5.41, 5.74) is 5.05. The average Bonchev–Trinajstić information content (AvgIpc) is 3.49. The van der Waals surface area contributed by atoms with Crippen LogP contribution in [0, 0.1) is 0 Å². The Morgan fingerprint density at radius 3 is 2.47 bits per heavy atom. The number of para-hydroxylation sites is 3. The molecule has 1 fully saturated rings. The van der Waals surface area contributed by atoms with Crippen LogP contribution < -0.4 is 26.4 Å². The van der Waals surface area contributed by atoms with E-state index in [9.17, 15) is 9.59 Å². The second kappa shape index (κ2) is 9.21. The van der Waals surface area contributed by atoms with Gasteiger partial charge in [0.25, 0.3) is 5.91 Å². The van der Waals surface area contributed by atoms with Gasteiger partial charge in [-0.15, -0.1) is 0 Å². The number of likely N-dealkylation sites (tertiary alicyclic amines) is 1. The molecule has 0 bridgehead atoms. The summed E-state index contributed by atoms with van der Waals surface area (Å²) in [7, 11) is 2.09. The first-order valence-electron chi connectivity index (χ1n) is 12.1. The molecule has 3 heterocycles. The van der Waals surface area contributed by atoms with Crippen molar-refractivity contribution in [2.75, 3.05) is 18.5 Å². The van der Waals surface area contributed by atoms with E-state index in [0.717, 1.165) is 24.0 Å². The minimum Gasteiger partial charge on any atom is -1.00 e. The molecule has 2 unspecified atom stereocenters. The van der Waals surface area contributed by atoms with Gasteiger partial charge in [-0.2, -0.15) is 0 Å². The molecule has 0 N–H and O–H groups in total. The molecular formula is C29H29BrN4O2. The summed E-state index contributed by atoms with van der Waals surface area (Å²) >= 11 is 0. The van der Waals surface area contributed by atoms with Gasteiger partial charge < -0.3 is 26.8 Å². The van der Waals surface area contributed by atoms with E-state index < -0.39 is 0 Å². The smallest absolute Gasteiger partial charge is 0.266 e. The van der Waals surface area contributed by atoms with E-state index in [1.165, 1.54) is 11.3 Å². The lowest BCUT2D eigenvalue weighted by Crippen LogP contribution is -3.00. The molecule has 1 aromatic heterocycles. The summed E-state index contributed by atoms with van der Waals surface area (Å²) in [6.07, 6.45) is 2.87. The Balaban J connectivity index is 0.00000267. The molecule has 2 aliphatic rings. The quantitative estimate of drug-likeness (QED) is 0.275. The molecule has 0 spiro atoms. The van der Waals surface area contributed by atoms with Crippen molar-refractivity contribution in [3.8, 4) is 0 Å². The van der Waals surface area contributed by atoms with Gasteiger partial charge in [0.15, 0.2) is 24.1 Å². The monoisotopic (exact) mass is 544 g/mol. The highest BCUT2D eigenvalue weighted by molar-refractivity contribution is 5.95. The topological polar surface area (TPSA) is 49.4 Å². The van der Waals surface area contributed by atoms with E-state index in [4.69, 9.17) is 0 Å². The number of carbonyl (C=O) groups excluding carboxylic acids is 2. The Bertz CT molecular complexity index is 1450. The number of ketones is 1. The first-order valence-corrected chi connectivity index (χ1v) is 12.1. The van der Waals surface area contributed by atoms with E-state index in [0.29, 0.717) is 5.56 Å². The van der Waals surface area contributed by atoms with Crippen LogP contribution in [0.2, 0.25) is 0 Å². The molecule has 1 saturated heterocycles. The van der Waals surface area contributed by atoms with Crippen molar-refractivity contribution in [3.05, 3.63) is 96.3 Å². The Morgan fingerprint density at radius 1 is 0.972 bits per heavy atom. The first-order chi connectivity index (χ1) is 17.0. The Hall–Kier alpha value is -3.45. The fourth-order valence-corrected chi connectivity index (χ4v) is 6.12. The number of anilines is 1. The zero-order valence-corrected chi connectivity index (χ0v) is 22.1. The number of aromatic nitrogens is 2.